The van der Waals surface area contributed by atoms with E-state index >= 15 is 0 Å². The predicted molar refractivity (Wildman–Crippen MR) is 75.7 cm³/mol. The van der Waals surface area contributed by atoms with Crippen LogP contribution < -0.4 is 0 Å². The van der Waals surface area contributed by atoms with Crippen molar-refractivity contribution in [2.75, 3.05) is 19.7 Å². The van der Waals surface area contributed by atoms with E-state index in [4.69, 9.17) is 0 Å². The molecule has 1 aliphatic heterocycles. The minimum absolute atomic E-state index is 0.331. The lowest BCUT2D eigenvalue weighted by atomic mass is 9.99. The lowest BCUT2D eigenvalue weighted by Crippen LogP contribution is -2.36. The van der Waals surface area contributed by atoms with Crippen molar-refractivity contribution >= 4 is 11.3 Å². The SMILES string of the molecule is CC(C)Cc1ncc(CN2CCCC(CO)C2)s1. The van der Waals surface area contributed by atoms with Crippen LogP contribution in [0.5, 0.6) is 0 Å². The quantitative estimate of drug-likeness (QED) is 0.891. The average Bonchev–Trinajstić information content (AvgIpc) is 2.76. The van der Waals surface area contributed by atoms with Crippen LogP contribution in [0.25, 0.3) is 0 Å². The second-order valence-electron chi connectivity index (χ2n) is 5.74. The second kappa shape index (κ2) is 6.64. The number of rotatable bonds is 5. The minimum atomic E-state index is 0.331. The van der Waals surface area contributed by atoms with E-state index < -0.39 is 0 Å². The fraction of sp³-hybridized carbons (Fsp3) is 0.786. The predicted octanol–water partition coefficient (Wildman–Crippen LogP) is 2.55. The highest BCUT2D eigenvalue weighted by Gasteiger charge is 2.19. The van der Waals surface area contributed by atoms with Gasteiger partial charge < -0.3 is 5.11 Å². The van der Waals surface area contributed by atoms with E-state index in [9.17, 15) is 5.11 Å². The molecule has 0 amide bonds. The molecular weight excluding hydrogens is 244 g/mol. The summed E-state index contributed by atoms with van der Waals surface area (Å²) in [7, 11) is 0. The van der Waals surface area contributed by atoms with Gasteiger partial charge in [-0.25, -0.2) is 4.98 Å². The van der Waals surface area contributed by atoms with Crippen LogP contribution in [0.4, 0.5) is 0 Å². The summed E-state index contributed by atoms with van der Waals surface area (Å²) in [5, 5.41) is 10.5. The van der Waals surface area contributed by atoms with Crippen molar-refractivity contribution in [3.63, 3.8) is 0 Å². The Labute approximate surface area is 114 Å². The van der Waals surface area contributed by atoms with E-state index in [2.05, 4.69) is 23.7 Å². The van der Waals surface area contributed by atoms with Gasteiger partial charge in [0.1, 0.15) is 0 Å². The first-order valence-corrected chi connectivity index (χ1v) is 7.75. The summed E-state index contributed by atoms with van der Waals surface area (Å²) in [6.07, 6.45) is 5.51. The van der Waals surface area contributed by atoms with E-state index in [1.165, 1.54) is 22.7 Å². The van der Waals surface area contributed by atoms with Crippen LogP contribution >= 0.6 is 11.3 Å². The lowest BCUT2D eigenvalue weighted by molar-refractivity contribution is 0.116. The molecule has 1 saturated heterocycles. The monoisotopic (exact) mass is 268 g/mol. The van der Waals surface area contributed by atoms with Crippen molar-refractivity contribution in [3.8, 4) is 0 Å². The zero-order chi connectivity index (χ0) is 13.0. The van der Waals surface area contributed by atoms with Crippen LogP contribution in [0.1, 0.15) is 36.6 Å². The van der Waals surface area contributed by atoms with Crippen molar-refractivity contribution in [1.29, 1.82) is 0 Å². The topological polar surface area (TPSA) is 36.4 Å². The number of likely N-dealkylation sites (tertiary alicyclic amines) is 1. The number of hydrogen-bond donors (Lipinski definition) is 1. The summed E-state index contributed by atoms with van der Waals surface area (Å²) in [4.78, 5) is 8.32. The average molecular weight is 268 g/mol. The molecule has 1 aliphatic rings. The highest BCUT2D eigenvalue weighted by molar-refractivity contribution is 7.11. The Hall–Kier alpha value is -0.450. The van der Waals surface area contributed by atoms with E-state index in [0.717, 1.165) is 26.1 Å². The van der Waals surface area contributed by atoms with E-state index in [1.807, 2.05) is 17.5 Å². The molecule has 1 fully saturated rings. The van der Waals surface area contributed by atoms with Crippen LogP contribution in [0.2, 0.25) is 0 Å². The van der Waals surface area contributed by atoms with E-state index in [0.29, 0.717) is 18.4 Å². The van der Waals surface area contributed by atoms with Crippen LogP contribution in [0, 0.1) is 11.8 Å². The summed E-state index contributed by atoms with van der Waals surface area (Å²) < 4.78 is 0. The number of nitrogens with zero attached hydrogens (tertiary/aromatic N) is 2. The molecule has 1 N–H and O–H groups in total. The number of aromatic nitrogens is 1. The number of piperidine rings is 1. The molecule has 0 aromatic carbocycles. The molecule has 102 valence electrons. The third-order valence-electron chi connectivity index (χ3n) is 3.43. The molecule has 2 rings (SSSR count). The summed E-state index contributed by atoms with van der Waals surface area (Å²) in [5.41, 5.74) is 0. The zero-order valence-electron chi connectivity index (χ0n) is 11.4. The summed E-state index contributed by atoms with van der Waals surface area (Å²) in [6.45, 7) is 8.00. The van der Waals surface area contributed by atoms with Crippen molar-refractivity contribution < 1.29 is 5.11 Å². The van der Waals surface area contributed by atoms with Gasteiger partial charge in [-0.3, -0.25) is 4.90 Å². The largest absolute Gasteiger partial charge is 0.396 e. The van der Waals surface area contributed by atoms with Gasteiger partial charge in [0, 0.05) is 37.2 Å². The number of aliphatic hydroxyl groups is 1. The van der Waals surface area contributed by atoms with Gasteiger partial charge in [0.15, 0.2) is 0 Å². The first kappa shape index (κ1) is 14.0. The van der Waals surface area contributed by atoms with Gasteiger partial charge in [0.25, 0.3) is 0 Å². The molecule has 2 heterocycles. The van der Waals surface area contributed by atoms with Crippen molar-refractivity contribution in [2.24, 2.45) is 11.8 Å². The van der Waals surface area contributed by atoms with Gasteiger partial charge in [-0.1, -0.05) is 13.8 Å². The minimum Gasteiger partial charge on any atom is -0.396 e. The Morgan fingerprint density at radius 3 is 3.11 bits per heavy atom. The molecule has 0 radical (unpaired) electrons. The van der Waals surface area contributed by atoms with E-state index in [-0.39, 0.29) is 0 Å². The van der Waals surface area contributed by atoms with Gasteiger partial charge in [0.2, 0.25) is 0 Å². The Kier molecular flexibility index (Phi) is 5.15. The van der Waals surface area contributed by atoms with Gasteiger partial charge in [-0.15, -0.1) is 11.3 Å². The first-order chi connectivity index (χ1) is 8.67. The Balaban J connectivity index is 1.86. The number of hydrogen-bond acceptors (Lipinski definition) is 4. The van der Waals surface area contributed by atoms with Crippen molar-refractivity contribution in [1.82, 2.24) is 9.88 Å². The number of thiazole rings is 1. The molecule has 0 saturated carbocycles. The summed E-state index contributed by atoms with van der Waals surface area (Å²) in [5.74, 6) is 1.15. The Bertz CT molecular complexity index is 364. The Morgan fingerprint density at radius 1 is 1.56 bits per heavy atom. The molecule has 0 bridgehead atoms. The van der Waals surface area contributed by atoms with Gasteiger partial charge in [-0.2, -0.15) is 0 Å². The smallest absolute Gasteiger partial charge is 0.0930 e. The second-order valence-corrected chi connectivity index (χ2v) is 6.94. The van der Waals surface area contributed by atoms with Crippen LogP contribution in [0.15, 0.2) is 6.20 Å². The summed E-state index contributed by atoms with van der Waals surface area (Å²) in [6, 6.07) is 0. The maximum Gasteiger partial charge on any atom is 0.0930 e. The van der Waals surface area contributed by atoms with Crippen molar-refractivity contribution in [2.45, 2.75) is 39.7 Å². The zero-order valence-corrected chi connectivity index (χ0v) is 12.2. The highest BCUT2D eigenvalue weighted by atomic mass is 32.1. The van der Waals surface area contributed by atoms with Gasteiger partial charge >= 0.3 is 0 Å². The first-order valence-electron chi connectivity index (χ1n) is 6.94. The third-order valence-corrected chi connectivity index (χ3v) is 4.43. The molecule has 0 aliphatic carbocycles. The van der Waals surface area contributed by atoms with E-state index in [1.54, 1.807) is 0 Å². The fourth-order valence-corrected chi connectivity index (χ4v) is 3.71. The normalized spacial score (nSPS) is 21.7. The molecule has 1 aromatic heterocycles. The molecule has 1 unspecified atom stereocenters. The molecule has 1 aromatic rings. The van der Waals surface area contributed by atoms with Crippen LogP contribution in [-0.4, -0.2) is 34.7 Å². The number of aliphatic hydroxyl groups excluding tert-OH is 1. The molecular formula is C14H24N2OS. The molecule has 3 nitrogen and oxygen atoms in total. The molecule has 1 atom stereocenters. The fourth-order valence-electron chi connectivity index (χ4n) is 2.53. The van der Waals surface area contributed by atoms with Gasteiger partial charge in [0.05, 0.1) is 5.01 Å². The van der Waals surface area contributed by atoms with Gasteiger partial charge in [-0.05, 0) is 31.2 Å². The standard InChI is InChI=1S/C14H24N2OS/c1-11(2)6-14-15-7-13(18-14)9-16-5-3-4-12(8-16)10-17/h7,11-12,17H,3-6,8-10H2,1-2H3. The molecule has 0 spiro atoms. The maximum atomic E-state index is 9.24. The molecule has 4 heteroatoms. The molecule has 18 heavy (non-hydrogen) atoms. The van der Waals surface area contributed by atoms with Crippen LogP contribution in [0.3, 0.4) is 0 Å². The maximum absolute atomic E-state index is 9.24. The summed E-state index contributed by atoms with van der Waals surface area (Å²) >= 11 is 1.85. The third kappa shape index (κ3) is 4.04. The highest BCUT2D eigenvalue weighted by Crippen LogP contribution is 2.22. The lowest BCUT2D eigenvalue weighted by Gasteiger charge is -2.31. The van der Waals surface area contributed by atoms with Crippen LogP contribution in [-0.2, 0) is 13.0 Å². The Morgan fingerprint density at radius 2 is 2.39 bits per heavy atom. The van der Waals surface area contributed by atoms with Crippen molar-refractivity contribution in [3.05, 3.63) is 16.1 Å².